The number of ether oxygens (including phenoxy) is 1. The van der Waals surface area contributed by atoms with Gasteiger partial charge in [0, 0.05) is 25.1 Å². The van der Waals surface area contributed by atoms with Gasteiger partial charge in [0.1, 0.15) is 0 Å². The third kappa shape index (κ3) is 3.74. The van der Waals surface area contributed by atoms with Gasteiger partial charge in [-0.2, -0.15) is 0 Å². The maximum atomic E-state index is 5.90. The largest absolute Gasteiger partial charge is 0.381 e. The molecule has 0 spiro atoms. The molecule has 1 heterocycles. The number of hydrogen-bond acceptors (Lipinski definition) is 3. The van der Waals surface area contributed by atoms with Gasteiger partial charge in [0.25, 0.3) is 0 Å². The Morgan fingerprint density at radius 3 is 2.73 bits per heavy atom. The third-order valence-electron chi connectivity index (χ3n) is 3.42. The lowest BCUT2D eigenvalue weighted by Gasteiger charge is -2.33. The Hall–Kier alpha value is -0.120. The second-order valence-electron chi connectivity index (χ2n) is 4.41. The Bertz CT molecular complexity index is 158. The molecule has 1 aliphatic heterocycles. The Labute approximate surface area is 94.0 Å². The fourth-order valence-corrected chi connectivity index (χ4v) is 2.42. The van der Waals surface area contributed by atoms with Gasteiger partial charge >= 0.3 is 0 Å². The van der Waals surface area contributed by atoms with Crippen LogP contribution in [0.5, 0.6) is 0 Å². The zero-order valence-corrected chi connectivity index (χ0v) is 10.2. The second-order valence-corrected chi connectivity index (χ2v) is 4.41. The molecule has 1 fully saturated rings. The smallest absolute Gasteiger partial charge is 0.0510 e. The summed E-state index contributed by atoms with van der Waals surface area (Å²) >= 11 is 0. The highest BCUT2D eigenvalue weighted by Gasteiger charge is 2.28. The molecule has 1 aliphatic rings. The minimum Gasteiger partial charge on any atom is -0.381 e. The van der Waals surface area contributed by atoms with E-state index >= 15 is 0 Å². The van der Waals surface area contributed by atoms with Crippen molar-refractivity contribution in [2.75, 3.05) is 32.8 Å². The molecule has 1 rings (SSSR count). The first-order valence-electron chi connectivity index (χ1n) is 6.35. The minimum absolute atomic E-state index is 0.532. The molecule has 0 aromatic rings. The summed E-state index contributed by atoms with van der Waals surface area (Å²) in [7, 11) is 0. The first kappa shape index (κ1) is 12.9. The molecule has 0 amide bonds. The summed E-state index contributed by atoms with van der Waals surface area (Å²) in [6.07, 6.45) is 3.72. The molecule has 0 aromatic heterocycles. The van der Waals surface area contributed by atoms with E-state index < -0.39 is 0 Å². The van der Waals surface area contributed by atoms with Gasteiger partial charge in [-0.05, 0) is 25.9 Å². The Morgan fingerprint density at radius 1 is 1.47 bits per heavy atom. The summed E-state index contributed by atoms with van der Waals surface area (Å²) in [5.74, 6) is 0.659. The van der Waals surface area contributed by atoms with Gasteiger partial charge in [-0.3, -0.25) is 4.90 Å². The average molecular weight is 214 g/mol. The molecule has 3 nitrogen and oxygen atoms in total. The van der Waals surface area contributed by atoms with E-state index in [1.54, 1.807) is 0 Å². The van der Waals surface area contributed by atoms with Crippen LogP contribution < -0.4 is 5.73 Å². The van der Waals surface area contributed by atoms with Crippen molar-refractivity contribution in [3.05, 3.63) is 0 Å². The highest BCUT2D eigenvalue weighted by Crippen LogP contribution is 2.20. The minimum atomic E-state index is 0.532. The molecular weight excluding hydrogens is 188 g/mol. The molecule has 0 aliphatic carbocycles. The lowest BCUT2D eigenvalue weighted by molar-refractivity contribution is 0.125. The van der Waals surface area contributed by atoms with Crippen LogP contribution >= 0.6 is 0 Å². The summed E-state index contributed by atoms with van der Waals surface area (Å²) in [6.45, 7) is 9.37. The maximum absolute atomic E-state index is 5.90. The second kappa shape index (κ2) is 7.20. The number of unbranched alkanes of at least 4 members (excludes halogenated alkanes) is 1. The van der Waals surface area contributed by atoms with E-state index in [-0.39, 0.29) is 0 Å². The van der Waals surface area contributed by atoms with Gasteiger partial charge in [0.05, 0.1) is 6.61 Å². The van der Waals surface area contributed by atoms with Crippen molar-refractivity contribution in [2.45, 2.75) is 39.2 Å². The molecular formula is C12H26N2O. The number of nitrogens with two attached hydrogens (primary N) is 1. The van der Waals surface area contributed by atoms with Crippen molar-refractivity contribution in [3.8, 4) is 0 Å². The molecule has 15 heavy (non-hydrogen) atoms. The normalized spacial score (nSPS) is 23.6. The summed E-state index contributed by atoms with van der Waals surface area (Å²) in [4.78, 5) is 2.53. The van der Waals surface area contributed by atoms with Crippen molar-refractivity contribution in [1.82, 2.24) is 4.90 Å². The molecule has 1 saturated heterocycles. The van der Waals surface area contributed by atoms with Crippen molar-refractivity contribution in [2.24, 2.45) is 11.7 Å². The fourth-order valence-electron chi connectivity index (χ4n) is 2.42. The number of hydrogen-bond donors (Lipinski definition) is 1. The lowest BCUT2D eigenvalue weighted by Crippen LogP contribution is -2.46. The van der Waals surface area contributed by atoms with Crippen LogP contribution in [0.15, 0.2) is 0 Å². The van der Waals surface area contributed by atoms with Gasteiger partial charge in [-0.25, -0.2) is 0 Å². The number of nitrogens with zero attached hydrogens (tertiary/aromatic N) is 1. The Morgan fingerprint density at radius 2 is 2.27 bits per heavy atom. The summed E-state index contributed by atoms with van der Waals surface area (Å²) in [5, 5.41) is 0. The Kier molecular flexibility index (Phi) is 6.22. The van der Waals surface area contributed by atoms with E-state index in [2.05, 4.69) is 18.7 Å². The highest BCUT2D eigenvalue weighted by molar-refractivity contribution is 4.82. The molecule has 90 valence electrons. The topological polar surface area (TPSA) is 38.5 Å². The van der Waals surface area contributed by atoms with Crippen LogP contribution in [-0.4, -0.2) is 43.8 Å². The standard InChI is InChI=1S/C12H26N2O/c1-3-5-7-14(4-2)12(9-13)11-6-8-15-10-11/h11-12H,3-10,13H2,1-2H3. The molecule has 0 radical (unpaired) electrons. The van der Waals surface area contributed by atoms with Crippen LogP contribution in [0.25, 0.3) is 0 Å². The van der Waals surface area contributed by atoms with Gasteiger partial charge in [0.15, 0.2) is 0 Å². The summed E-state index contributed by atoms with van der Waals surface area (Å²) < 4.78 is 5.46. The summed E-state index contributed by atoms with van der Waals surface area (Å²) in [5.41, 5.74) is 5.90. The third-order valence-corrected chi connectivity index (χ3v) is 3.42. The van der Waals surface area contributed by atoms with E-state index in [1.165, 1.54) is 25.8 Å². The van der Waals surface area contributed by atoms with Gasteiger partial charge in [-0.15, -0.1) is 0 Å². The van der Waals surface area contributed by atoms with Crippen molar-refractivity contribution in [1.29, 1.82) is 0 Å². The van der Waals surface area contributed by atoms with Crippen LogP contribution in [0.2, 0.25) is 0 Å². The average Bonchev–Trinajstić information content (AvgIpc) is 2.77. The van der Waals surface area contributed by atoms with E-state index in [0.717, 1.165) is 26.3 Å². The van der Waals surface area contributed by atoms with E-state index in [4.69, 9.17) is 10.5 Å². The maximum Gasteiger partial charge on any atom is 0.0510 e. The summed E-state index contributed by atoms with van der Waals surface area (Å²) in [6, 6.07) is 0.532. The van der Waals surface area contributed by atoms with E-state index in [1.807, 2.05) is 0 Å². The zero-order valence-electron chi connectivity index (χ0n) is 10.2. The van der Waals surface area contributed by atoms with Crippen LogP contribution in [0.4, 0.5) is 0 Å². The SMILES string of the molecule is CCCCN(CC)C(CN)C1CCOC1. The monoisotopic (exact) mass is 214 g/mol. The molecule has 0 bridgehead atoms. The van der Waals surface area contributed by atoms with Crippen LogP contribution in [0.1, 0.15) is 33.1 Å². The fraction of sp³-hybridized carbons (Fsp3) is 1.00. The lowest BCUT2D eigenvalue weighted by atomic mass is 9.97. The number of likely N-dealkylation sites (N-methyl/N-ethyl adjacent to an activating group) is 1. The molecule has 2 N–H and O–H groups in total. The predicted octanol–water partition coefficient (Wildman–Crippen LogP) is 1.47. The van der Waals surface area contributed by atoms with E-state index in [0.29, 0.717) is 12.0 Å². The highest BCUT2D eigenvalue weighted by atomic mass is 16.5. The van der Waals surface area contributed by atoms with Crippen molar-refractivity contribution < 1.29 is 4.74 Å². The van der Waals surface area contributed by atoms with Crippen molar-refractivity contribution in [3.63, 3.8) is 0 Å². The van der Waals surface area contributed by atoms with Crippen molar-refractivity contribution >= 4 is 0 Å². The number of rotatable bonds is 7. The van der Waals surface area contributed by atoms with E-state index in [9.17, 15) is 0 Å². The molecule has 0 aromatic carbocycles. The zero-order chi connectivity index (χ0) is 11.1. The van der Waals surface area contributed by atoms with Crippen LogP contribution in [-0.2, 0) is 4.74 Å². The first-order valence-corrected chi connectivity index (χ1v) is 6.35. The quantitative estimate of drug-likeness (QED) is 0.697. The molecule has 0 saturated carbocycles. The van der Waals surface area contributed by atoms with Crippen LogP contribution in [0, 0.1) is 5.92 Å². The predicted molar refractivity (Wildman–Crippen MR) is 63.9 cm³/mol. The van der Waals surface area contributed by atoms with Gasteiger partial charge < -0.3 is 10.5 Å². The van der Waals surface area contributed by atoms with Gasteiger partial charge in [0.2, 0.25) is 0 Å². The Balaban J connectivity index is 2.44. The molecule has 2 unspecified atom stereocenters. The molecule has 3 heteroatoms. The van der Waals surface area contributed by atoms with Gasteiger partial charge in [-0.1, -0.05) is 20.3 Å². The first-order chi connectivity index (χ1) is 7.33. The van der Waals surface area contributed by atoms with Crippen LogP contribution in [0.3, 0.4) is 0 Å². The molecule has 2 atom stereocenters.